The van der Waals surface area contributed by atoms with Crippen LogP contribution in [0.25, 0.3) is 0 Å². The molecule has 2 rings (SSSR count). The lowest BCUT2D eigenvalue weighted by Gasteiger charge is -2.16. The molecule has 116 valence electrons. The van der Waals surface area contributed by atoms with Gasteiger partial charge in [-0.1, -0.05) is 12.1 Å². The van der Waals surface area contributed by atoms with Crippen LogP contribution in [-0.2, 0) is 16.0 Å². The first kappa shape index (κ1) is 15.8. The van der Waals surface area contributed by atoms with E-state index < -0.39 is 0 Å². The summed E-state index contributed by atoms with van der Waals surface area (Å²) < 4.78 is 4.86. The van der Waals surface area contributed by atoms with Gasteiger partial charge in [0, 0.05) is 18.3 Å². The van der Waals surface area contributed by atoms with Crippen LogP contribution in [0.3, 0.4) is 0 Å². The molecule has 0 aliphatic heterocycles. The van der Waals surface area contributed by atoms with E-state index in [-0.39, 0.29) is 17.6 Å². The van der Waals surface area contributed by atoms with Gasteiger partial charge in [-0.3, -0.25) is 4.79 Å². The maximum atomic E-state index is 11.9. The number of aromatic hydroxyl groups is 1. The zero-order valence-corrected chi connectivity index (χ0v) is 12.6. The smallest absolute Gasteiger partial charge is 0.310 e. The third-order valence-electron chi connectivity index (χ3n) is 3.29. The highest BCUT2D eigenvalue weighted by atomic mass is 16.5. The first-order valence-electron chi connectivity index (χ1n) is 6.96. The number of hydrogen-bond acceptors (Lipinski definition) is 6. The number of rotatable bonds is 6. The van der Waals surface area contributed by atoms with Crippen molar-refractivity contribution >= 4 is 11.8 Å². The van der Waals surface area contributed by atoms with Crippen molar-refractivity contribution in [2.75, 3.05) is 19.0 Å². The summed E-state index contributed by atoms with van der Waals surface area (Å²) in [6.45, 7) is 2.28. The van der Waals surface area contributed by atoms with Crippen LogP contribution in [0.15, 0.2) is 36.7 Å². The standard InChI is InChI=1S/C16H19N3O3/c1-11-7-15(19-10-18-11)17-9-13(16(21)22-2)8-12-3-5-14(20)6-4-12/h3-7,10,13,20H,8-9H2,1-2H3,(H,17,18,19). The maximum Gasteiger partial charge on any atom is 0.310 e. The van der Waals surface area contributed by atoms with Crippen molar-refractivity contribution in [3.05, 3.63) is 47.9 Å². The van der Waals surface area contributed by atoms with E-state index in [4.69, 9.17) is 4.74 Å². The average Bonchev–Trinajstić information content (AvgIpc) is 2.52. The van der Waals surface area contributed by atoms with Gasteiger partial charge in [-0.15, -0.1) is 0 Å². The molecular weight excluding hydrogens is 282 g/mol. The van der Waals surface area contributed by atoms with Gasteiger partial charge in [-0.25, -0.2) is 9.97 Å². The normalized spacial score (nSPS) is 11.7. The minimum atomic E-state index is -0.343. The molecule has 0 aliphatic carbocycles. The van der Waals surface area contributed by atoms with Crippen molar-refractivity contribution in [2.24, 2.45) is 5.92 Å². The molecular formula is C16H19N3O3. The molecule has 0 aliphatic rings. The summed E-state index contributed by atoms with van der Waals surface area (Å²) in [5, 5.41) is 12.4. The van der Waals surface area contributed by atoms with Gasteiger partial charge < -0.3 is 15.2 Å². The number of aryl methyl sites for hydroxylation is 1. The number of benzene rings is 1. The summed E-state index contributed by atoms with van der Waals surface area (Å²) in [5.74, 6) is 0.247. The molecule has 1 aromatic heterocycles. The first-order valence-corrected chi connectivity index (χ1v) is 6.96. The molecule has 0 radical (unpaired) electrons. The van der Waals surface area contributed by atoms with Gasteiger partial charge in [-0.2, -0.15) is 0 Å². The second kappa shape index (κ2) is 7.40. The molecule has 0 bridgehead atoms. The first-order chi connectivity index (χ1) is 10.6. The van der Waals surface area contributed by atoms with Gasteiger partial charge in [0.15, 0.2) is 0 Å². The topological polar surface area (TPSA) is 84.3 Å². The van der Waals surface area contributed by atoms with E-state index in [9.17, 15) is 9.90 Å². The molecule has 1 atom stereocenters. The van der Waals surface area contributed by atoms with Crippen LogP contribution in [0.4, 0.5) is 5.82 Å². The number of nitrogens with zero attached hydrogens (tertiary/aromatic N) is 2. The van der Waals surface area contributed by atoms with Gasteiger partial charge in [0.05, 0.1) is 13.0 Å². The van der Waals surface area contributed by atoms with Crippen LogP contribution in [0, 0.1) is 12.8 Å². The Morgan fingerprint density at radius 1 is 1.32 bits per heavy atom. The van der Waals surface area contributed by atoms with Gasteiger partial charge in [0.25, 0.3) is 0 Å². The molecule has 0 saturated carbocycles. The van der Waals surface area contributed by atoms with Gasteiger partial charge in [0.2, 0.25) is 0 Å². The number of aromatic nitrogens is 2. The highest BCUT2D eigenvalue weighted by Crippen LogP contribution is 2.15. The van der Waals surface area contributed by atoms with E-state index >= 15 is 0 Å². The summed E-state index contributed by atoms with van der Waals surface area (Å²) in [6.07, 6.45) is 1.99. The average molecular weight is 301 g/mol. The van der Waals surface area contributed by atoms with Gasteiger partial charge in [-0.05, 0) is 31.0 Å². The molecule has 6 heteroatoms. The number of esters is 1. The quantitative estimate of drug-likeness (QED) is 0.793. The number of ether oxygens (including phenoxy) is 1. The number of anilines is 1. The zero-order valence-electron chi connectivity index (χ0n) is 12.6. The fourth-order valence-corrected chi connectivity index (χ4v) is 2.10. The molecule has 2 N–H and O–H groups in total. The van der Waals surface area contributed by atoms with E-state index in [2.05, 4.69) is 15.3 Å². The number of methoxy groups -OCH3 is 1. The fraction of sp³-hybridized carbons (Fsp3) is 0.312. The van der Waals surface area contributed by atoms with E-state index in [1.165, 1.54) is 13.4 Å². The Morgan fingerprint density at radius 3 is 2.68 bits per heavy atom. The van der Waals surface area contributed by atoms with E-state index in [0.717, 1.165) is 11.3 Å². The summed E-state index contributed by atoms with van der Waals surface area (Å²) in [5.41, 5.74) is 1.81. The lowest BCUT2D eigenvalue weighted by Crippen LogP contribution is -2.26. The fourth-order valence-electron chi connectivity index (χ4n) is 2.10. The largest absolute Gasteiger partial charge is 0.508 e. The highest BCUT2D eigenvalue weighted by Gasteiger charge is 2.19. The van der Waals surface area contributed by atoms with Gasteiger partial charge >= 0.3 is 5.97 Å². The van der Waals surface area contributed by atoms with Crippen molar-refractivity contribution in [3.63, 3.8) is 0 Å². The lowest BCUT2D eigenvalue weighted by molar-refractivity contribution is -0.144. The van der Waals surface area contributed by atoms with E-state index in [1.807, 2.05) is 13.0 Å². The third kappa shape index (κ3) is 4.44. The minimum absolute atomic E-state index is 0.202. The lowest BCUT2D eigenvalue weighted by atomic mass is 9.99. The third-order valence-corrected chi connectivity index (χ3v) is 3.29. The van der Waals surface area contributed by atoms with E-state index in [0.29, 0.717) is 18.8 Å². The minimum Gasteiger partial charge on any atom is -0.508 e. The van der Waals surface area contributed by atoms with Crippen LogP contribution in [0.5, 0.6) is 5.75 Å². The van der Waals surface area contributed by atoms with Crippen molar-refractivity contribution in [1.29, 1.82) is 0 Å². The number of carbonyl (C=O) groups excluding carboxylic acids is 1. The Bertz CT molecular complexity index is 629. The second-order valence-corrected chi connectivity index (χ2v) is 5.02. The summed E-state index contributed by atoms with van der Waals surface area (Å²) in [7, 11) is 1.38. The molecule has 0 spiro atoms. The summed E-state index contributed by atoms with van der Waals surface area (Å²) in [4.78, 5) is 20.1. The molecule has 1 unspecified atom stereocenters. The van der Waals surface area contributed by atoms with Crippen LogP contribution >= 0.6 is 0 Å². The second-order valence-electron chi connectivity index (χ2n) is 5.02. The van der Waals surface area contributed by atoms with Gasteiger partial charge in [0.1, 0.15) is 17.9 Å². The predicted octanol–water partition coefficient (Wildman–Crippen LogP) is 1.93. The summed E-state index contributed by atoms with van der Waals surface area (Å²) in [6, 6.07) is 8.60. The molecule has 22 heavy (non-hydrogen) atoms. The highest BCUT2D eigenvalue weighted by molar-refractivity contribution is 5.73. The SMILES string of the molecule is COC(=O)C(CNc1cc(C)ncn1)Cc1ccc(O)cc1. The van der Waals surface area contributed by atoms with Crippen molar-refractivity contribution in [3.8, 4) is 5.75 Å². The number of phenols is 1. The van der Waals surface area contributed by atoms with Crippen LogP contribution in [0.1, 0.15) is 11.3 Å². The molecule has 6 nitrogen and oxygen atoms in total. The number of carbonyl (C=O) groups is 1. The Labute approximate surface area is 129 Å². The molecule has 1 aromatic carbocycles. The Morgan fingerprint density at radius 2 is 2.05 bits per heavy atom. The van der Waals surface area contributed by atoms with Crippen molar-refractivity contribution in [2.45, 2.75) is 13.3 Å². The molecule has 0 amide bonds. The van der Waals surface area contributed by atoms with Crippen LogP contribution in [-0.4, -0.2) is 34.7 Å². The Kier molecular flexibility index (Phi) is 5.30. The molecule has 0 saturated heterocycles. The predicted molar refractivity (Wildman–Crippen MR) is 82.6 cm³/mol. The molecule has 0 fully saturated rings. The number of phenolic OH excluding ortho intramolecular Hbond substituents is 1. The summed E-state index contributed by atoms with van der Waals surface area (Å²) >= 11 is 0. The Hall–Kier alpha value is -2.63. The molecule has 2 aromatic rings. The van der Waals surface area contributed by atoms with Crippen molar-refractivity contribution < 1.29 is 14.6 Å². The number of nitrogens with one attached hydrogen (secondary N) is 1. The van der Waals surface area contributed by atoms with E-state index in [1.54, 1.807) is 24.3 Å². The number of hydrogen-bond donors (Lipinski definition) is 2. The van der Waals surface area contributed by atoms with Crippen molar-refractivity contribution in [1.82, 2.24) is 9.97 Å². The molecule has 1 heterocycles. The maximum absolute atomic E-state index is 11.9. The monoisotopic (exact) mass is 301 g/mol. The van der Waals surface area contributed by atoms with Crippen LogP contribution < -0.4 is 5.32 Å². The Balaban J connectivity index is 2.03. The van der Waals surface area contributed by atoms with Crippen LogP contribution in [0.2, 0.25) is 0 Å². The zero-order chi connectivity index (χ0) is 15.9.